The summed E-state index contributed by atoms with van der Waals surface area (Å²) in [6.45, 7) is 3.05. The Kier molecular flexibility index (Phi) is 4.50. The quantitative estimate of drug-likeness (QED) is 0.850. The molecule has 4 heterocycles. The van der Waals surface area contributed by atoms with Crippen LogP contribution < -0.4 is 0 Å². The van der Waals surface area contributed by atoms with Crippen molar-refractivity contribution < 1.29 is 9.90 Å². The molecule has 1 spiro atoms. The molecule has 2 aliphatic heterocycles. The fourth-order valence-corrected chi connectivity index (χ4v) is 4.35. The van der Waals surface area contributed by atoms with Crippen molar-refractivity contribution in [3.8, 4) is 11.4 Å². The number of aromatic amines is 1. The van der Waals surface area contributed by atoms with Crippen molar-refractivity contribution in [1.82, 2.24) is 25.0 Å². The van der Waals surface area contributed by atoms with Gasteiger partial charge in [-0.1, -0.05) is 6.07 Å². The van der Waals surface area contributed by atoms with Crippen LogP contribution in [0.15, 0.2) is 30.5 Å². The lowest BCUT2D eigenvalue weighted by Gasteiger charge is -2.50. The number of aliphatic hydroxyl groups is 1. The minimum absolute atomic E-state index is 0.0563. The van der Waals surface area contributed by atoms with Gasteiger partial charge in [-0.15, -0.1) is 0 Å². The van der Waals surface area contributed by atoms with Crippen LogP contribution >= 0.6 is 0 Å². The van der Waals surface area contributed by atoms with Crippen LogP contribution in [0.3, 0.4) is 0 Å². The highest BCUT2D eigenvalue weighted by molar-refractivity contribution is 5.93. The summed E-state index contributed by atoms with van der Waals surface area (Å²) in [6, 6.07) is 7.37. The van der Waals surface area contributed by atoms with E-state index in [0.717, 1.165) is 44.6 Å². The van der Waals surface area contributed by atoms with Crippen LogP contribution in [-0.4, -0.2) is 75.3 Å². The lowest BCUT2D eigenvalue weighted by atomic mass is 9.71. The molecule has 7 heteroatoms. The van der Waals surface area contributed by atoms with Crippen molar-refractivity contribution in [3.05, 3.63) is 36.2 Å². The van der Waals surface area contributed by atoms with Gasteiger partial charge < -0.3 is 14.9 Å². The third-order valence-corrected chi connectivity index (χ3v) is 5.71. The fraction of sp³-hybridized carbons (Fsp3) is 0.526. The molecule has 0 saturated carbocycles. The second-order valence-corrected chi connectivity index (χ2v) is 7.62. The van der Waals surface area contributed by atoms with Crippen molar-refractivity contribution in [2.24, 2.45) is 5.41 Å². The predicted octanol–water partition coefficient (Wildman–Crippen LogP) is 1.39. The molecule has 0 unspecified atom stereocenters. The number of nitrogens with one attached hydrogen (secondary N) is 1. The zero-order valence-electron chi connectivity index (χ0n) is 15.1. The van der Waals surface area contributed by atoms with Crippen LogP contribution in [0.5, 0.6) is 0 Å². The molecule has 1 amide bonds. The number of carbonyl (C=O) groups is 1. The molecule has 2 fully saturated rings. The van der Waals surface area contributed by atoms with Gasteiger partial charge in [0.1, 0.15) is 11.4 Å². The molecule has 138 valence electrons. The zero-order chi connectivity index (χ0) is 18.1. The van der Waals surface area contributed by atoms with E-state index >= 15 is 0 Å². The molecular weight excluding hydrogens is 330 g/mol. The van der Waals surface area contributed by atoms with E-state index in [1.54, 1.807) is 12.3 Å². The molecule has 2 saturated heterocycles. The molecule has 0 radical (unpaired) electrons. The zero-order valence-corrected chi connectivity index (χ0v) is 15.1. The topological polar surface area (TPSA) is 85.3 Å². The number of carbonyl (C=O) groups excluding carboxylic acids is 1. The van der Waals surface area contributed by atoms with E-state index in [-0.39, 0.29) is 17.4 Å². The molecule has 2 N–H and O–H groups in total. The molecule has 7 nitrogen and oxygen atoms in total. The third kappa shape index (κ3) is 3.12. The lowest BCUT2D eigenvalue weighted by molar-refractivity contribution is -0.0731. The largest absolute Gasteiger partial charge is 0.392 e. The molecule has 4 rings (SSSR count). The van der Waals surface area contributed by atoms with Gasteiger partial charge in [0.2, 0.25) is 0 Å². The van der Waals surface area contributed by atoms with Crippen LogP contribution in [0.1, 0.15) is 29.8 Å². The van der Waals surface area contributed by atoms with Gasteiger partial charge in [0.15, 0.2) is 0 Å². The Morgan fingerprint density at radius 1 is 1.31 bits per heavy atom. The summed E-state index contributed by atoms with van der Waals surface area (Å²) in [5.74, 6) is -0.0563. The smallest absolute Gasteiger partial charge is 0.271 e. The fourth-order valence-electron chi connectivity index (χ4n) is 4.35. The number of hydrogen-bond donors (Lipinski definition) is 2. The van der Waals surface area contributed by atoms with Crippen molar-refractivity contribution in [3.63, 3.8) is 0 Å². The number of H-pyrrole nitrogens is 1. The summed E-state index contributed by atoms with van der Waals surface area (Å²) in [5.41, 5.74) is 1.66. The van der Waals surface area contributed by atoms with Gasteiger partial charge in [0.05, 0.1) is 11.8 Å². The Balaban J connectivity index is 1.52. The van der Waals surface area contributed by atoms with E-state index < -0.39 is 0 Å². The number of likely N-dealkylation sites (tertiary alicyclic amines) is 2. The minimum Gasteiger partial charge on any atom is -0.392 e. The van der Waals surface area contributed by atoms with E-state index in [0.29, 0.717) is 17.9 Å². The maximum Gasteiger partial charge on any atom is 0.271 e. The third-order valence-electron chi connectivity index (χ3n) is 5.71. The van der Waals surface area contributed by atoms with E-state index in [1.165, 1.54) is 0 Å². The van der Waals surface area contributed by atoms with Crippen molar-refractivity contribution in [2.75, 3.05) is 33.2 Å². The number of rotatable bonds is 2. The maximum atomic E-state index is 13.0. The van der Waals surface area contributed by atoms with Crippen molar-refractivity contribution in [2.45, 2.75) is 25.4 Å². The summed E-state index contributed by atoms with van der Waals surface area (Å²) in [7, 11) is 2.09. The number of pyridine rings is 1. The van der Waals surface area contributed by atoms with Crippen LogP contribution in [0, 0.1) is 5.41 Å². The SMILES string of the molecule is CN1CC[C@H](O)[C@@]2(CCCN(C(=O)c3cc(-c4ccccn4)n[nH]3)C2)C1. The average Bonchev–Trinajstić information content (AvgIpc) is 3.15. The Labute approximate surface area is 153 Å². The number of amides is 1. The Hall–Kier alpha value is -2.25. The first-order valence-electron chi connectivity index (χ1n) is 9.20. The highest BCUT2D eigenvalue weighted by Crippen LogP contribution is 2.38. The highest BCUT2D eigenvalue weighted by Gasteiger charge is 2.45. The van der Waals surface area contributed by atoms with Crippen LogP contribution in [0.2, 0.25) is 0 Å². The van der Waals surface area contributed by atoms with Gasteiger partial charge in [-0.3, -0.25) is 14.9 Å². The molecule has 26 heavy (non-hydrogen) atoms. The first-order valence-corrected chi connectivity index (χ1v) is 9.20. The van der Waals surface area contributed by atoms with Gasteiger partial charge in [-0.25, -0.2) is 0 Å². The van der Waals surface area contributed by atoms with E-state index in [4.69, 9.17) is 0 Å². The first-order chi connectivity index (χ1) is 12.6. The van der Waals surface area contributed by atoms with Gasteiger partial charge in [-0.05, 0) is 44.5 Å². The normalized spacial score (nSPS) is 27.0. The second-order valence-electron chi connectivity index (χ2n) is 7.62. The van der Waals surface area contributed by atoms with Crippen molar-refractivity contribution in [1.29, 1.82) is 0 Å². The summed E-state index contributed by atoms with van der Waals surface area (Å²) >= 11 is 0. The number of aromatic nitrogens is 3. The van der Waals surface area contributed by atoms with E-state index in [9.17, 15) is 9.90 Å². The number of aliphatic hydroxyl groups excluding tert-OH is 1. The second kappa shape index (κ2) is 6.81. The summed E-state index contributed by atoms with van der Waals surface area (Å²) < 4.78 is 0. The molecule has 2 aliphatic rings. The average molecular weight is 355 g/mol. The molecule has 0 aromatic carbocycles. The van der Waals surface area contributed by atoms with E-state index in [2.05, 4.69) is 27.1 Å². The highest BCUT2D eigenvalue weighted by atomic mass is 16.3. The maximum absolute atomic E-state index is 13.0. The number of piperidine rings is 2. The standard InChI is InChI=1S/C19H25N5O2/c1-23-10-6-17(25)19(12-23)7-4-9-24(13-19)18(26)16-11-15(21-22-16)14-5-2-3-8-20-14/h2-3,5,8,11,17,25H,4,6-7,9-10,12-13H2,1H3,(H,21,22)/t17-,19-/m0/s1. The molecular formula is C19H25N5O2. The van der Waals surface area contributed by atoms with Gasteiger partial charge in [-0.2, -0.15) is 5.10 Å². The van der Waals surface area contributed by atoms with Gasteiger partial charge >= 0.3 is 0 Å². The molecule has 0 aliphatic carbocycles. The number of hydrogen-bond acceptors (Lipinski definition) is 5. The Morgan fingerprint density at radius 3 is 3.00 bits per heavy atom. The van der Waals surface area contributed by atoms with Crippen LogP contribution in [-0.2, 0) is 0 Å². The summed E-state index contributed by atoms with van der Waals surface area (Å²) in [6.07, 6.45) is 4.01. The molecule has 2 aromatic heterocycles. The van der Waals surface area contributed by atoms with Gasteiger partial charge in [0, 0.05) is 37.8 Å². The summed E-state index contributed by atoms with van der Waals surface area (Å²) in [5, 5.41) is 17.7. The van der Waals surface area contributed by atoms with Crippen molar-refractivity contribution >= 4 is 5.91 Å². The van der Waals surface area contributed by atoms with Crippen LogP contribution in [0.25, 0.3) is 11.4 Å². The molecule has 0 bridgehead atoms. The first kappa shape index (κ1) is 17.2. The van der Waals surface area contributed by atoms with E-state index in [1.807, 2.05) is 23.1 Å². The Morgan fingerprint density at radius 2 is 2.19 bits per heavy atom. The number of nitrogens with zero attached hydrogens (tertiary/aromatic N) is 4. The minimum atomic E-state index is -0.347. The Bertz CT molecular complexity index is 777. The predicted molar refractivity (Wildman–Crippen MR) is 97.5 cm³/mol. The summed E-state index contributed by atoms with van der Waals surface area (Å²) in [4.78, 5) is 21.4. The molecule has 2 atom stereocenters. The monoisotopic (exact) mass is 355 g/mol. The van der Waals surface area contributed by atoms with Gasteiger partial charge in [0.25, 0.3) is 5.91 Å². The molecule has 2 aromatic rings. The van der Waals surface area contributed by atoms with Crippen LogP contribution in [0.4, 0.5) is 0 Å². The lowest BCUT2D eigenvalue weighted by Crippen LogP contribution is -2.59.